The summed E-state index contributed by atoms with van der Waals surface area (Å²) in [6.45, 7) is 1.44. The molecule has 5 aliphatic rings. The molecule has 2 N–H and O–H groups in total. The molecule has 5 fully saturated rings. The van der Waals surface area contributed by atoms with Crippen LogP contribution in [-0.4, -0.2) is 28.0 Å². The first-order valence-electron chi connectivity index (χ1n) is 6.59. The Bertz CT molecular complexity index is 362. The van der Waals surface area contributed by atoms with Crippen molar-refractivity contribution in [2.24, 2.45) is 22.9 Å². The fourth-order valence-electron chi connectivity index (χ4n) is 5.02. The standard InChI is InChI=1S/C12H19NO3S/c13-17(14)11-5-8-3-9(6-11)12(10(4-8)7-11)15-1-2-16-12/h8-10H,1-7,13H2/t8?,9?,10?,11?,17-/m0/s1. The number of hydrogen-bond acceptors (Lipinski definition) is 3. The molecular weight excluding hydrogens is 238 g/mol. The van der Waals surface area contributed by atoms with Gasteiger partial charge in [-0.15, -0.1) is 0 Å². The first-order valence-corrected chi connectivity index (χ1v) is 7.80. The van der Waals surface area contributed by atoms with E-state index in [0.29, 0.717) is 17.8 Å². The van der Waals surface area contributed by atoms with Crippen LogP contribution in [0.4, 0.5) is 0 Å². The molecule has 4 aliphatic carbocycles. The van der Waals surface area contributed by atoms with Gasteiger partial charge >= 0.3 is 0 Å². The maximum atomic E-state index is 11.9. The highest BCUT2D eigenvalue weighted by molar-refractivity contribution is 7.84. The van der Waals surface area contributed by atoms with Crippen molar-refractivity contribution in [2.45, 2.75) is 42.6 Å². The third-order valence-electron chi connectivity index (χ3n) is 5.44. The monoisotopic (exact) mass is 257 g/mol. The van der Waals surface area contributed by atoms with Crippen molar-refractivity contribution in [3.8, 4) is 0 Å². The Labute approximate surface area is 104 Å². The zero-order valence-electron chi connectivity index (χ0n) is 9.89. The first-order chi connectivity index (χ1) is 8.15. The van der Waals surface area contributed by atoms with Crippen LogP contribution in [-0.2, 0) is 20.5 Å². The molecule has 5 rings (SSSR count). The molecule has 4 saturated carbocycles. The summed E-state index contributed by atoms with van der Waals surface area (Å²) in [5, 5.41) is 5.77. The van der Waals surface area contributed by atoms with Crippen LogP contribution in [0.1, 0.15) is 32.1 Å². The second-order valence-electron chi connectivity index (χ2n) is 6.24. The van der Waals surface area contributed by atoms with Crippen molar-refractivity contribution in [1.82, 2.24) is 0 Å². The first kappa shape index (κ1) is 10.9. The Morgan fingerprint density at radius 2 is 1.65 bits per heavy atom. The van der Waals surface area contributed by atoms with E-state index in [1.165, 1.54) is 12.8 Å². The molecule has 1 aliphatic heterocycles. The Balaban J connectivity index is 1.74. The summed E-state index contributed by atoms with van der Waals surface area (Å²) in [6, 6.07) is 0. The van der Waals surface area contributed by atoms with Crippen molar-refractivity contribution in [3.05, 3.63) is 0 Å². The Morgan fingerprint density at radius 3 is 2.18 bits per heavy atom. The van der Waals surface area contributed by atoms with Crippen molar-refractivity contribution in [2.75, 3.05) is 13.2 Å². The van der Waals surface area contributed by atoms with Crippen LogP contribution < -0.4 is 5.14 Å². The zero-order chi connectivity index (χ0) is 11.7. The Kier molecular flexibility index (Phi) is 2.13. The van der Waals surface area contributed by atoms with Gasteiger partial charge in [-0.3, -0.25) is 5.14 Å². The summed E-state index contributed by atoms with van der Waals surface area (Å²) in [6.07, 6.45) is 5.27. The van der Waals surface area contributed by atoms with E-state index in [9.17, 15) is 4.21 Å². The average molecular weight is 257 g/mol. The molecule has 3 atom stereocenters. The van der Waals surface area contributed by atoms with E-state index in [-0.39, 0.29) is 10.5 Å². The smallest absolute Gasteiger partial charge is 0.174 e. The number of nitrogens with two attached hydrogens (primary N) is 1. The van der Waals surface area contributed by atoms with Crippen LogP contribution in [0, 0.1) is 17.8 Å². The predicted octanol–water partition coefficient (Wildman–Crippen LogP) is 0.931. The summed E-state index contributed by atoms with van der Waals surface area (Å²) < 4.78 is 23.7. The van der Waals surface area contributed by atoms with E-state index in [4.69, 9.17) is 14.6 Å². The molecule has 0 aromatic heterocycles. The highest BCUT2D eigenvalue weighted by Crippen LogP contribution is 2.63. The van der Waals surface area contributed by atoms with Gasteiger partial charge in [-0.2, -0.15) is 0 Å². The second-order valence-corrected chi connectivity index (χ2v) is 7.70. The normalized spacial score (nSPS) is 52.2. The molecule has 0 amide bonds. The van der Waals surface area contributed by atoms with Gasteiger partial charge in [0.05, 0.1) is 28.9 Å². The maximum absolute atomic E-state index is 11.9. The van der Waals surface area contributed by atoms with Crippen molar-refractivity contribution < 1.29 is 13.7 Å². The molecule has 17 heavy (non-hydrogen) atoms. The fourth-order valence-corrected chi connectivity index (χ4v) is 6.15. The Hall–Kier alpha value is 0.0300. The third kappa shape index (κ3) is 1.26. The van der Waals surface area contributed by atoms with Crippen molar-refractivity contribution >= 4 is 11.0 Å². The zero-order valence-corrected chi connectivity index (χ0v) is 10.7. The SMILES string of the molecule is N[S@@](=O)C12CC3CC(C1)C1(OCCO1)C(C3)C2. The minimum absolute atomic E-state index is 0.128. The fraction of sp³-hybridized carbons (Fsp3) is 1.00. The number of rotatable bonds is 1. The lowest BCUT2D eigenvalue weighted by Gasteiger charge is -2.61. The van der Waals surface area contributed by atoms with Crippen LogP contribution in [0.3, 0.4) is 0 Å². The summed E-state index contributed by atoms with van der Waals surface area (Å²) in [5.74, 6) is 1.20. The second kappa shape index (κ2) is 3.32. The molecule has 1 spiro atoms. The van der Waals surface area contributed by atoms with Gasteiger partial charge in [0, 0.05) is 11.8 Å². The summed E-state index contributed by atoms with van der Waals surface area (Å²) in [7, 11) is -1.20. The highest BCUT2D eigenvalue weighted by atomic mass is 32.2. The number of hydrogen-bond donors (Lipinski definition) is 1. The van der Waals surface area contributed by atoms with Gasteiger partial charge in [-0.05, 0) is 38.0 Å². The molecule has 1 saturated heterocycles. The highest BCUT2D eigenvalue weighted by Gasteiger charge is 2.66. The van der Waals surface area contributed by atoms with Gasteiger partial charge in [-0.25, -0.2) is 4.21 Å². The van der Waals surface area contributed by atoms with Gasteiger partial charge in [0.15, 0.2) is 5.79 Å². The quantitative estimate of drug-likeness (QED) is 0.760. The number of ether oxygens (including phenoxy) is 2. The van der Waals surface area contributed by atoms with Crippen molar-refractivity contribution in [3.63, 3.8) is 0 Å². The molecule has 0 radical (unpaired) electrons. The van der Waals surface area contributed by atoms with E-state index < -0.39 is 11.0 Å². The van der Waals surface area contributed by atoms with Gasteiger partial charge in [0.1, 0.15) is 0 Å². The van der Waals surface area contributed by atoms with Crippen molar-refractivity contribution in [1.29, 1.82) is 0 Å². The van der Waals surface area contributed by atoms with Gasteiger partial charge < -0.3 is 9.47 Å². The van der Waals surface area contributed by atoms with E-state index in [1.54, 1.807) is 0 Å². The van der Waals surface area contributed by atoms with Gasteiger partial charge in [0.25, 0.3) is 0 Å². The average Bonchev–Trinajstić information content (AvgIpc) is 2.75. The van der Waals surface area contributed by atoms with E-state index in [0.717, 1.165) is 32.5 Å². The van der Waals surface area contributed by atoms with E-state index >= 15 is 0 Å². The molecular formula is C12H19NO3S. The summed E-state index contributed by atoms with van der Waals surface area (Å²) in [4.78, 5) is 0. The third-order valence-corrected chi connectivity index (χ3v) is 6.79. The summed E-state index contributed by atoms with van der Waals surface area (Å²) in [5.41, 5.74) is 0. The largest absolute Gasteiger partial charge is 0.347 e. The molecule has 1 heterocycles. The van der Waals surface area contributed by atoms with Gasteiger partial charge in [-0.1, -0.05) is 0 Å². The van der Waals surface area contributed by atoms with E-state index in [2.05, 4.69) is 0 Å². The molecule has 5 heteroatoms. The van der Waals surface area contributed by atoms with Crippen LogP contribution in [0.5, 0.6) is 0 Å². The predicted molar refractivity (Wildman–Crippen MR) is 63.3 cm³/mol. The van der Waals surface area contributed by atoms with Crippen LogP contribution >= 0.6 is 0 Å². The van der Waals surface area contributed by atoms with Gasteiger partial charge in [0.2, 0.25) is 0 Å². The molecule has 96 valence electrons. The molecule has 2 unspecified atom stereocenters. The molecule has 0 aromatic carbocycles. The summed E-state index contributed by atoms with van der Waals surface area (Å²) >= 11 is 0. The molecule has 4 nitrogen and oxygen atoms in total. The molecule has 0 aromatic rings. The topological polar surface area (TPSA) is 61.6 Å². The Morgan fingerprint density at radius 1 is 1.06 bits per heavy atom. The van der Waals surface area contributed by atoms with E-state index in [1.807, 2.05) is 0 Å². The lowest BCUT2D eigenvalue weighted by atomic mass is 9.53. The lowest BCUT2D eigenvalue weighted by Crippen LogP contribution is -2.65. The molecule has 4 bridgehead atoms. The van der Waals surface area contributed by atoms with Crippen LogP contribution in [0.15, 0.2) is 0 Å². The van der Waals surface area contributed by atoms with Crippen LogP contribution in [0.2, 0.25) is 0 Å². The van der Waals surface area contributed by atoms with Crippen LogP contribution in [0.25, 0.3) is 0 Å². The minimum atomic E-state index is -1.20. The lowest BCUT2D eigenvalue weighted by molar-refractivity contribution is -0.284. The minimum Gasteiger partial charge on any atom is -0.347 e. The maximum Gasteiger partial charge on any atom is 0.174 e.